The van der Waals surface area contributed by atoms with Gasteiger partial charge in [-0.3, -0.25) is 4.79 Å². The number of nitrogens with zero attached hydrogens (tertiary/aromatic N) is 1. The molecule has 1 amide bonds. The quantitative estimate of drug-likeness (QED) is 0.654. The maximum Gasteiger partial charge on any atom is 0.224 e. The van der Waals surface area contributed by atoms with Crippen molar-refractivity contribution in [3.05, 3.63) is 45.6 Å². The Morgan fingerprint density at radius 3 is 3.04 bits per heavy atom. The number of furan rings is 1. The number of aryl methyl sites for hydroxylation is 2. The van der Waals surface area contributed by atoms with Crippen molar-refractivity contribution in [1.82, 2.24) is 10.3 Å². The van der Waals surface area contributed by atoms with Crippen LogP contribution >= 0.6 is 22.9 Å². The molecular formula is C17H18ClN3O2S. The monoisotopic (exact) mass is 363 g/mol. The molecule has 0 aliphatic carbocycles. The third kappa shape index (κ3) is 3.88. The predicted octanol–water partition coefficient (Wildman–Crippen LogP) is 3.72. The highest BCUT2D eigenvalue weighted by Crippen LogP contribution is 2.27. The number of carbonyl (C=O) groups is 1. The fraction of sp³-hybridized carbons (Fsp3) is 0.294. The zero-order valence-electron chi connectivity index (χ0n) is 13.3. The molecule has 0 fully saturated rings. The second-order valence-corrected chi connectivity index (χ2v) is 6.96. The Bertz CT molecular complexity index is 872. The van der Waals surface area contributed by atoms with Crippen LogP contribution in [0.2, 0.25) is 5.02 Å². The van der Waals surface area contributed by atoms with Crippen LogP contribution < -0.4 is 11.1 Å². The lowest BCUT2D eigenvalue weighted by molar-refractivity contribution is -0.120. The molecule has 2 heterocycles. The molecule has 0 atom stereocenters. The molecule has 0 saturated heterocycles. The summed E-state index contributed by atoms with van der Waals surface area (Å²) in [4.78, 5) is 16.3. The minimum absolute atomic E-state index is 0.0350. The molecule has 0 radical (unpaired) electrons. The number of rotatable bonds is 6. The average Bonchev–Trinajstić information content (AvgIpc) is 3.12. The number of thiazole rings is 1. The number of fused-ring (bicyclic) bond motifs is 1. The van der Waals surface area contributed by atoms with Gasteiger partial charge in [-0.25, -0.2) is 4.98 Å². The van der Waals surface area contributed by atoms with Crippen LogP contribution in [0, 0.1) is 6.92 Å². The maximum atomic E-state index is 12.1. The van der Waals surface area contributed by atoms with Crippen LogP contribution in [0.15, 0.2) is 28.2 Å². The van der Waals surface area contributed by atoms with Crippen molar-refractivity contribution in [1.29, 1.82) is 0 Å². The third-order valence-electron chi connectivity index (χ3n) is 3.79. The Morgan fingerprint density at radius 2 is 2.29 bits per heavy atom. The summed E-state index contributed by atoms with van der Waals surface area (Å²) in [7, 11) is 0. The SMILES string of the molecule is Cc1cc2occ(CC(=O)NCCCc3csc(N)n3)c2cc1Cl. The van der Waals surface area contributed by atoms with E-state index < -0.39 is 0 Å². The Morgan fingerprint density at radius 1 is 1.46 bits per heavy atom. The van der Waals surface area contributed by atoms with E-state index in [2.05, 4.69) is 10.3 Å². The number of carbonyl (C=O) groups excluding carboxylic acids is 1. The van der Waals surface area contributed by atoms with Crippen LogP contribution in [-0.4, -0.2) is 17.4 Å². The van der Waals surface area contributed by atoms with Crippen LogP contribution in [0.3, 0.4) is 0 Å². The summed E-state index contributed by atoms with van der Waals surface area (Å²) in [5.74, 6) is -0.0350. The van der Waals surface area contributed by atoms with Gasteiger partial charge in [-0.2, -0.15) is 0 Å². The first kappa shape index (κ1) is 16.8. The van der Waals surface area contributed by atoms with Gasteiger partial charge in [0.2, 0.25) is 5.91 Å². The van der Waals surface area contributed by atoms with Gasteiger partial charge in [-0.1, -0.05) is 11.6 Å². The number of anilines is 1. The lowest BCUT2D eigenvalue weighted by Gasteiger charge is -2.04. The van der Waals surface area contributed by atoms with Crippen molar-refractivity contribution in [3.8, 4) is 0 Å². The number of halogens is 1. The zero-order valence-corrected chi connectivity index (χ0v) is 14.8. The largest absolute Gasteiger partial charge is 0.464 e. The minimum atomic E-state index is -0.0350. The number of nitrogens with two attached hydrogens (primary N) is 1. The molecule has 0 spiro atoms. The maximum absolute atomic E-state index is 12.1. The van der Waals surface area contributed by atoms with Gasteiger partial charge in [-0.15, -0.1) is 11.3 Å². The van der Waals surface area contributed by atoms with Gasteiger partial charge in [0.25, 0.3) is 0 Å². The van der Waals surface area contributed by atoms with E-state index in [1.165, 1.54) is 11.3 Å². The summed E-state index contributed by atoms with van der Waals surface area (Å²) in [5, 5.41) is 7.00. The topological polar surface area (TPSA) is 81.2 Å². The summed E-state index contributed by atoms with van der Waals surface area (Å²) < 4.78 is 5.51. The number of benzene rings is 1. The molecule has 0 unspecified atom stereocenters. The molecule has 3 rings (SSSR count). The van der Waals surface area contributed by atoms with E-state index in [-0.39, 0.29) is 12.3 Å². The molecule has 0 aliphatic heterocycles. The summed E-state index contributed by atoms with van der Waals surface area (Å²) in [6.45, 7) is 2.53. The summed E-state index contributed by atoms with van der Waals surface area (Å²) in [6, 6.07) is 3.74. The standard InChI is InChI=1S/C17H18ClN3O2S/c1-10-5-15-13(7-14(10)18)11(8-23-15)6-16(22)20-4-2-3-12-9-24-17(19)21-12/h5,7-9H,2-4,6H2,1H3,(H2,19,21)(H,20,22). The zero-order chi connectivity index (χ0) is 17.1. The van der Waals surface area contributed by atoms with Crippen molar-refractivity contribution in [2.24, 2.45) is 0 Å². The fourth-order valence-corrected chi connectivity index (χ4v) is 3.27. The normalized spacial score (nSPS) is 11.1. The van der Waals surface area contributed by atoms with Gasteiger partial charge in [0.15, 0.2) is 5.13 Å². The van der Waals surface area contributed by atoms with Crippen LogP contribution in [-0.2, 0) is 17.6 Å². The predicted molar refractivity (Wildman–Crippen MR) is 97.5 cm³/mol. The minimum Gasteiger partial charge on any atom is -0.464 e. The second kappa shape index (κ2) is 7.23. The van der Waals surface area contributed by atoms with Gasteiger partial charge in [0.05, 0.1) is 18.4 Å². The Labute approximate surface area is 148 Å². The molecule has 3 N–H and O–H groups in total. The Kier molecular flexibility index (Phi) is 5.06. The highest BCUT2D eigenvalue weighted by atomic mass is 35.5. The molecule has 1 aromatic carbocycles. The summed E-state index contributed by atoms with van der Waals surface area (Å²) in [6.07, 6.45) is 3.53. The lowest BCUT2D eigenvalue weighted by atomic mass is 10.1. The van der Waals surface area contributed by atoms with E-state index in [0.29, 0.717) is 16.7 Å². The number of hydrogen-bond acceptors (Lipinski definition) is 5. The first-order chi connectivity index (χ1) is 11.5. The molecule has 3 aromatic rings. The molecule has 0 bridgehead atoms. The first-order valence-corrected chi connectivity index (χ1v) is 8.91. The Hall–Kier alpha value is -2.05. The van der Waals surface area contributed by atoms with Crippen molar-refractivity contribution in [2.45, 2.75) is 26.2 Å². The number of aromatic nitrogens is 1. The van der Waals surface area contributed by atoms with Gasteiger partial charge in [-0.05, 0) is 37.5 Å². The average molecular weight is 364 g/mol. The molecule has 2 aromatic heterocycles. The smallest absolute Gasteiger partial charge is 0.224 e. The first-order valence-electron chi connectivity index (χ1n) is 7.65. The van der Waals surface area contributed by atoms with E-state index in [9.17, 15) is 4.79 Å². The van der Waals surface area contributed by atoms with E-state index in [0.717, 1.165) is 40.6 Å². The van der Waals surface area contributed by atoms with Gasteiger partial charge < -0.3 is 15.5 Å². The number of amides is 1. The highest BCUT2D eigenvalue weighted by Gasteiger charge is 2.12. The molecule has 0 saturated carbocycles. The van der Waals surface area contributed by atoms with E-state index in [1.54, 1.807) is 6.26 Å². The molecular weight excluding hydrogens is 346 g/mol. The molecule has 5 nitrogen and oxygen atoms in total. The van der Waals surface area contributed by atoms with Gasteiger partial charge >= 0.3 is 0 Å². The summed E-state index contributed by atoms with van der Waals surface area (Å²) in [5.41, 5.74) is 9.11. The van der Waals surface area contributed by atoms with Crippen LogP contribution in [0.25, 0.3) is 11.0 Å². The van der Waals surface area contributed by atoms with E-state index in [1.807, 2.05) is 24.4 Å². The van der Waals surface area contributed by atoms with Crippen LogP contribution in [0.1, 0.15) is 23.2 Å². The van der Waals surface area contributed by atoms with Crippen LogP contribution in [0.5, 0.6) is 0 Å². The van der Waals surface area contributed by atoms with Gasteiger partial charge in [0.1, 0.15) is 5.58 Å². The third-order valence-corrected chi connectivity index (χ3v) is 4.92. The fourth-order valence-electron chi connectivity index (χ4n) is 2.51. The Balaban J connectivity index is 1.52. The second-order valence-electron chi connectivity index (χ2n) is 5.67. The number of nitrogen functional groups attached to an aromatic ring is 1. The molecule has 0 aliphatic rings. The van der Waals surface area contributed by atoms with Crippen molar-refractivity contribution < 1.29 is 9.21 Å². The van der Waals surface area contributed by atoms with Crippen molar-refractivity contribution in [2.75, 3.05) is 12.3 Å². The molecule has 126 valence electrons. The highest BCUT2D eigenvalue weighted by molar-refractivity contribution is 7.13. The van der Waals surface area contributed by atoms with Gasteiger partial charge in [0, 0.05) is 27.9 Å². The molecule has 24 heavy (non-hydrogen) atoms. The van der Waals surface area contributed by atoms with E-state index in [4.69, 9.17) is 21.8 Å². The van der Waals surface area contributed by atoms with Crippen LogP contribution in [0.4, 0.5) is 5.13 Å². The van der Waals surface area contributed by atoms with Crippen molar-refractivity contribution >= 4 is 44.9 Å². The molecule has 7 heteroatoms. The lowest BCUT2D eigenvalue weighted by Crippen LogP contribution is -2.26. The van der Waals surface area contributed by atoms with E-state index >= 15 is 0 Å². The number of hydrogen-bond donors (Lipinski definition) is 2. The summed E-state index contributed by atoms with van der Waals surface area (Å²) >= 11 is 7.59. The van der Waals surface area contributed by atoms with Crippen molar-refractivity contribution in [3.63, 3.8) is 0 Å². The number of nitrogens with one attached hydrogen (secondary N) is 1.